The molecule has 1 aliphatic rings. The standard InChI is InChI=1S/C26H32N4O3S/c1-15-10-16(2)13-30(12-15)25(32)20-7-6-17(3)21(11-20)28-22(31)8-9-29-14-27-24-23(26(29)33)18(4)19(5)34-24/h6-7,11,14-16H,8-10,12-13H2,1-5H3,(H,28,31). The summed E-state index contributed by atoms with van der Waals surface area (Å²) in [4.78, 5) is 46.8. The van der Waals surface area contributed by atoms with Crippen LogP contribution in [0.1, 0.15) is 53.1 Å². The van der Waals surface area contributed by atoms with Gasteiger partial charge in [0, 0.05) is 42.2 Å². The predicted octanol–water partition coefficient (Wildman–Crippen LogP) is 4.53. The first kappa shape index (κ1) is 24.1. The minimum atomic E-state index is -0.210. The summed E-state index contributed by atoms with van der Waals surface area (Å²) >= 11 is 1.51. The second-order valence-corrected chi connectivity index (χ2v) is 10.9. The summed E-state index contributed by atoms with van der Waals surface area (Å²) in [6.45, 7) is 11.9. The number of amides is 2. The quantitative estimate of drug-likeness (QED) is 0.582. The van der Waals surface area contributed by atoms with Crippen LogP contribution in [0.3, 0.4) is 0 Å². The third kappa shape index (κ3) is 4.92. The number of piperidine rings is 1. The van der Waals surface area contributed by atoms with Crippen LogP contribution < -0.4 is 10.9 Å². The Labute approximate surface area is 203 Å². The molecule has 2 atom stereocenters. The van der Waals surface area contributed by atoms with E-state index in [4.69, 9.17) is 0 Å². The Bertz CT molecular complexity index is 1300. The van der Waals surface area contributed by atoms with Crippen LogP contribution in [0.25, 0.3) is 10.2 Å². The van der Waals surface area contributed by atoms with Crippen molar-refractivity contribution in [2.75, 3.05) is 18.4 Å². The molecule has 2 unspecified atom stereocenters. The third-order valence-electron chi connectivity index (χ3n) is 6.65. The first-order valence-corrected chi connectivity index (χ1v) is 12.6. The maximum absolute atomic E-state index is 13.1. The number of carbonyl (C=O) groups is 2. The van der Waals surface area contributed by atoms with Crippen LogP contribution in [0.15, 0.2) is 29.3 Å². The maximum atomic E-state index is 13.1. The van der Waals surface area contributed by atoms with E-state index < -0.39 is 0 Å². The molecule has 7 nitrogen and oxygen atoms in total. The summed E-state index contributed by atoms with van der Waals surface area (Å²) in [5.41, 5.74) is 2.92. The molecule has 1 N–H and O–H groups in total. The third-order valence-corrected chi connectivity index (χ3v) is 7.77. The van der Waals surface area contributed by atoms with E-state index in [2.05, 4.69) is 24.1 Å². The number of likely N-dealkylation sites (tertiary alicyclic amines) is 1. The second-order valence-electron chi connectivity index (χ2n) is 9.69. The number of hydrogen-bond acceptors (Lipinski definition) is 5. The monoisotopic (exact) mass is 480 g/mol. The highest BCUT2D eigenvalue weighted by Gasteiger charge is 2.26. The van der Waals surface area contributed by atoms with Crippen molar-refractivity contribution in [3.63, 3.8) is 0 Å². The SMILES string of the molecule is Cc1ccc(C(=O)N2CC(C)CC(C)C2)cc1NC(=O)CCn1cnc2sc(C)c(C)c2c1=O. The number of carbonyl (C=O) groups excluding carboxylic acids is 2. The molecule has 34 heavy (non-hydrogen) atoms. The number of nitrogens with zero attached hydrogens (tertiary/aromatic N) is 3. The smallest absolute Gasteiger partial charge is 0.262 e. The van der Waals surface area contributed by atoms with Gasteiger partial charge in [-0.05, 0) is 62.3 Å². The van der Waals surface area contributed by atoms with Crippen LogP contribution in [0, 0.1) is 32.6 Å². The van der Waals surface area contributed by atoms with Crippen molar-refractivity contribution in [2.45, 2.75) is 54.0 Å². The summed E-state index contributed by atoms with van der Waals surface area (Å²) in [6, 6.07) is 5.45. The molecule has 0 saturated carbocycles. The number of hydrogen-bond donors (Lipinski definition) is 1. The van der Waals surface area contributed by atoms with E-state index in [1.54, 1.807) is 6.07 Å². The fraction of sp³-hybridized carbons (Fsp3) is 0.462. The zero-order chi connectivity index (χ0) is 24.6. The van der Waals surface area contributed by atoms with E-state index in [9.17, 15) is 14.4 Å². The van der Waals surface area contributed by atoms with Crippen molar-refractivity contribution in [3.05, 3.63) is 56.4 Å². The van der Waals surface area contributed by atoms with Crippen LogP contribution >= 0.6 is 11.3 Å². The Morgan fingerprint density at radius 1 is 1.15 bits per heavy atom. The van der Waals surface area contributed by atoms with Crippen molar-refractivity contribution in [1.29, 1.82) is 0 Å². The number of rotatable bonds is 5. The number of benzene rings is 1. The molecular weight excluding hydrogens is 448 g/mol. The summed E-state index contributed by atoms with van der Waals surface area (Å²) in [7, 11) is 0. The average molecular weight is 481 g/mol. The lowest BCUT2D eigenvalue weighted by molar-refractivity contribution is -0.116. The van der Waals surface area contributed by atoms with Gasteiger partial charge >= 0.3 is 0 Å². The van der Waals surface area contributed by atoms with E-state index in [1.165, 1.54) is 22.2 Å². The highest BCUT2D eigenvalue weighted by Crippen LogP contribution is 2.26. The lowest BCUT2D eigenvalue weighted by atomic mass is 9.91. The summed E-state index contributed by atoms with van der Waals surface area (Å²) < 4.78 is 1.49. The molecule has 180 valence electrons. The zero-order valence-electron chi connectivity index (χ0n) is 20.5. The Morgan fingerprint density at radius 3 is 2.56 bits per heavy atom. The van der Waals surface area contributed by atoms with Gasteiger partial charge in [-0.3, -0.25) is 19.0 Å². The Balaban J connectivity index is 1.45. The fourth-order valence-corrected chi connectivity index (χ4v) is 5.75. The molecule has 3 aromatic rings. The van der Waals surface area contributed by atoms with Gasteiger partial charge in [0.15, 0.2) is 0 Å². The van der Waals surface area contributed by atoms with Gasteiger partial charge < -0.3 is 10.2 Å². The Kier molecular flexibility index (Phi) is 6.89. The van der Waals surface area contributed by atoms with Crippen molar-refractivity contribution in [1.82, 2.24) is 14.5 Å². The topological polar surface area (TPSA) is 84.3 Å². The second kappa shape index (κ2) is 9.70. The van der Waals surface area contributed by atoms with Crippen LogP contribution in [0.5, 0.6) is 0 Å². The molecule has 1 saturated heterocycles. The van der Waals surface area contributed by atoms with Gasteiger partial charge in [-0.2, -0.15) is 0 Å². The molecule has 8 heteroatoms. The molecule has 2 amide bonds. The predicted molar refractivity (Wildman–Crippen MR) is 137 cm³/mol. The molecule has 0 bridgehead atoms. The molecule has 1 fully saturated rings. The fourth-order valence-electron chi connectivity index (χ4n) is 4.76. The normalized spacial score (nSPS) is 18.3. The molecule has 0 radical (unpaired) electrons. The number of nitrogens with one attached hydrogen (secondary N) is 1. The zero-order valence-corrected chi connectivity index (χ0v) is 21.3. The van der Waals surface area contributed by atoms with E-state index in [0.717, 1.165) is 40.3 Å². The van der Waals surface area contributed by atoms with E-state index in [1.807, 2.05) is 37.8 Å². The van der Waals surface area contributed by atoms with Crippen LogP contribution in [-0.2, 0) is 11.3 Å². The first-order chi connectivity index (χ1) is 16.1. The molecule has 0 aliphatic carbocycles. The lowest BCUT2D eigenvalue weighted by Crippen LogP contribution is -2.42. The number of aromatic nitrogens is 2. The maximum Gasteiger partial charge on any atom is 0.262 e. The molecule has 0 spiro atoms. The first-order valence-electron chi connectivity index (χ1n) is 11.8. The van der Waals surface area contributed by atoms with Crippen LogP contribution in [0.4, 0.5) is 5.69 Å². The summed E-state index contributed by atoms with van der Waals surface area (Å²) in [5.74, 6) is 0.756. The molecule has 1 aromatic carbocycles. The van der Waals surface area contributed by atoms with Crippen LogP contribution in [-0.4, -0.2) is 39.4 Å². The minimum absolute atomic E-state index is 0.00116. The van der Waals surface area contributed by atoms with Gasteiger partial charge in [-0.15, -0.1) is 11.3 Å². The Morgan fingerprint density at radius 2 is 1.85 bits per heavy atom. The summed E-state index contributed by atoms with van der Waals surface area (Å²) in [6.07, 6.45) is 2.78. The highest BCUT2D eigenvalue weighted by atomic mass is 32.1. The van der Waals surface area contributed by atoms with E-state index >= 15 is 0 Å². The van der Waals surface area contributed by atoms with Crippen molar-refractivity contribution in [2.24, 2.45) is 11.8 Å². The van der Waals surface area contributed by atoms with Crippen molar-refractivity contribution < 1.29 is 9.59 Å². The number of thiophene rings is 1. The lowest BCUT2D eigenvalue weighted by Gasteiger charge is -2.35. The summed E-state index contributed by atoms with van der Waals surface area (Å²) in [5, 5.41) is 3.56. The van der Waals surface area contributed by atoms with Crippen molar-refractivity contribution >= 4 is 39.1 Å². The molecule has 4 rings (SSSR count). The molecule has 2 aromatic heterocycles. The number of anilines is 1. The van der Waals surface area contributed by atoms with Crippen molar-refractivity contribution in [3.8, 4) is 0 Å². The number of aryl methyl sites for hydroxylation is 4. The van der Waals surface area contributed by atoms with Gasteiger partial charge in [-0.25, -0.2) is 4.98 Å². The Hall–Kier alpha value is -3.00. The largest absolute Gasteiger partial charge is 0.338 e. The van der Waals surface area contributed by atoms with Gasteiger partial charge in [0.25, 0.3) is 11.5 Å². The van der Waals surface area contributed by atoms with Gasteiger partial charge in [-0.1, -0.05) is 19.9 Å². The van der Waals surface area contributed by atoms with Gasteiger partial charge in [0.05, 0.1) is 11.7 Å². The van der Waals surface area contributed by atoms with Gasteiger partial charge in [0.1, 0.15) is 4.83 Å². The molecule has 3 heterocycles. The average Bonchev–Trinajstić information content (AvgIpc) is 3.07. The minimum Gasteiger partial charge on any atom is -0.338 e. The van der Waals surface area contributed by atoms with Crippen LogP contribution in [0.2, 0.25) is 0 Å². The van der Waals surface area contributed by atoms with E-state index in [0.29, 0.717) is 28.5 Å². The van der Waals surface area contributed by atoms with Gasteiger partial charge in [0.2, 0.25) is 5.91 Å². The highest BCUT2D eigenvalue weighted by molar-refractivity contribution is 7.18. The molecule has 1 aliphatic heterocycles. The molecular formula is C26H32N4O3S. The van der Waals surface area contributed by atoms with E-state index in [-0.39, 0.29) is 30.3 Å². The number of fused-ring (bicyclic) bond motifs is 1.